The van der Waals surface area contributed by atoms with E-state index in [4.69, 9.17) is 4.74 Å². The van der Waals surface area contributed by atoms with Crippen molar-refractivity contribution in [1.29, 1.82) is 0 Å². The Morgan fingerprint density at radius 1 is 1.11 bits per heavy atom. The fourth-order valence-electron chi connectivity index (χ4n) is 1.86. The summed E-state index contributed by atoms with van der Waals surface area (Å²) in [5.74, 6) is 0.672. The second kappa shape index (κ2) is 4.89. The third kappa shape index (κ3) is 2.18. The maximum absolute atomic E-state index is 5.17. The average Bonchev–Trinajstić information content (AvgIpc) is 2.98. The zero-order valence-electron chi connectivity index (χ0n) is 10.4. The minimum absolute atomic E-state index is 0.672. The fourth-order valence-corrected chi connectivity index (χ4v) is 1.86. The van der Waals surface area contributed by atoms with Crippen molar-refractivity contribution in [1.82, 2.24) is 20.0 Å². The number of ether oxygens (including phenoxy) is 1. The van der Waals surface area contributed by atoms with E-state index < -0.39 is 0 Å². The number of nitrogens with zero attached hydrogens (tertiary/aromatic N) is 4. The zero-order valence-corrected chi connectivity index (χ0v) is 10.4. The highest BCUT2D eigenvalue weighted by atomic mass is 16.5. The first-order valence-corrected chi connectivity index (χ1v) is 5.85. The van der Waals surface area contributed by atoms with Crippen molar-refractivity contribution in [2.75, 3.05) is 7.11 Å². The summed E-state index contributed by atoms with van der Waals surface area (Å²) >= 11 is 0. The van der Waals surface area contributed by atoms with Crippen LogP contribution in [0.3, 0.4) is 0 Å². The van der Waals surface area contributed by atoms with Crippen molar-refractivity contribution in [3.05, 3.63) is 54.9 Å². The molecule has 0 aliphatic rings. The van der Waals surface area contributed by atoms with Gasteiger partial charge in [-0.1, -0.05) is 18.2 Å². The SMILES string of the molecule is COc1cnnc(-c2ccnn2-c2ccccc2)c1. The molecule has 3 rings (SSSR count). The Labute approximate surface area is 110 Å². The van der Waals surface area contributed by atoms with Crippen molar-refractivity contribution in [2.24, 2.45) is 0 Å². The summed E-state index contributed by atoms with van der Waals surface area (Å²) in [6.07, 6.45) is 3.32. The molecule has 3 aromatic rings. The molecule has 0 amide bonds. The fraction of sp³-hybridized carbons (Fsp3) is 0.0714. The molecular formula is C14H12N4O. The Balaban J connectivity index is 2.09. The van der Waals surface area contributed by atoms with Crippen LogP contribution in [0.2, 0.25) is 0 Å². The van der Waals surface area contributed by atoms with Crippen molar-refractivity contribution in [2.45, 2.75) is 0 Å². The Hall–Kier alpha value is -2.69. The minimum atomic E-state index is 0.672. The average molecular weight is 252 g/mol. The van der Waals surface area contributed by atoms with Gasteiger partial charge in [0.25, 0.3) is 0 Å². The molecule has 5 nitrogen and oxygen atoms in total. The van der Waals surface area contributed by atoms with E-state index >= 15 is 0 Å². The highest BCUT2D eigenvalue weighted by Gasteiger charge is 2.09. The molecule has 19 heavy (non-hydrogen) atoms. The third-order valence-electron chi connectivity index (χ3n) is 2.77. The number of rotatable bonds is 3. The predicted octanol–water partition coefficient (Wildman–Crippen LogP) is 2.34. The standard InChI is InChI=1S/C14H12N4O/c1-19-12-9-13(17-15-10-12)14-7-8-16-18(14)11-5-3-2-4-6-11/h2-10H,1H3. The molecule has 94 valence electrons. The van der Waals surface area contributed by atoms with Crippen molar-refractivity contribution in [3.8, 4) is 22.8 Å². The number of methoxy groups -OCH3 is 1. The Kier molecular flexibility index (Phi) is 2.94. The molecule has 0 aliphatic heterocycles. The smallest absolute Gasteiger partial charge is 0.141 e. The molecule has 0 radical (unpaired) electrons. The van der Waals surface area contributed by atoms with E-state index in [9.17, 15) is 0 Å². The quantitative estimate of drug-likeness (QED) is 0.718. The summed E-state index contributed by atoms with van der Waals surface area (Å²) < 4.78 is 6.99. The van der Waals surface area contributed by atoms with Gasteiger partial charge in [0.1, 0.15) is 11.4 Å². The van der Waals surface area contributed by atoms with Crippen molar-refractivity contribution >= 4 is 0 Å². The molecule has 0 unspecified atom stereocenters. The van der Waals surface area contributed by atoms with Crippen LogP contribution in [0.1, 0.15) is 0 Å². The normalized spacial score (nSPS) is 10.4. The lowest BCUT2D eigenvalue weighted by molar-refractivity contribution is 0.412. The molecule has 0 atom stereocenters. The highest BCUT2D eigenvalue weighted by molar-refractivity contribution is 5.58. The zero-order chi connectivity index (χ0) is 13.1. The summed E-state index contributed by atoms with van der Waals surface area (Å²) in [5.41, 5.74) is 2.57. The van der Waals surface area contributed by atoms with Crippen LogP contribution >= 0.6 is 0 Å². The van der Waals surface area contributed by atoms with Gasteiger partial charge >= 0.3 is 0 Å². The summed E-state index contributed by atoms with van der Waals surface area (Å²) in [6.45, 7) is 0. The number of benzene rings is 1. The van der Waals surface area contributed by atoms with E-state index in [1.165, 1.54) is 0 Å². The van der Waals surface area contributed by atoms with Gasteiger partial charge in [-0.3, -0.25) is 0 Å². The van der Waals surface area contributed by atoms with Gasteiger partial charge in [0.05, 0.1) is 30.9 Å². The van der Waals surface area contributed by atoms with Crippen molar-refractivity contribution in [3.63, 3.8) is 0 Å². The second-order valence-corrected chi connectivity index (χ2v) is 3.94. The molecule has 0 spiro atoms. The van der Waals surface area contributed by atoms with Gasteiger partial charge in [0.15, 0.2) is 0 Å². The largest absolute Gasteiger partial charge is 0.495 e. The maximum Gasteiger partial charge on any atom is 0.141 e. The van der Waals surface area contributed by atoms with Crippen LogP contribution in [-0.4, -0.2) is 27.1 Å². The van der Waals surface area contributed by atoms with Crippen LogP contribution in [0.15, 0.2) is 54.9 Å². The van der Waals surface area contributed by atoms with Gasteiger partial charge in [-0.05, 0) is 18.2 Å². The van der Waals surface area contributed by atoms with Crippen LogP contribution in [-0.2, 0) is 0 Å². The molecular weight excluding hydrogens is 240 g/mol. The van der Waals surface area contributed by atoms with E-state index in [-0.39, 0.29) is 0 Å². The van der Waals surface area contributed by atoms with Gasteiger partial charge in [0.2, 0.25) is 0 Å². The first-order chi connectivity index (χ1) is 9.38. The van der Waals surface area contributed by atoms with Crippen molar-refractivity contribution < 1.29 is 4.74 Å². The van der Waals surface area contributed by atoms with Crippen LogP contribution < -0.4 is 4.74 Å². The van der Waals surface area contributed by atoms with Crippen LogP contribution in [0.4, 0.5) is 0 Å². The minimum Gasteiger partial charge on any atom is -0.495 e. The summed E-state index contributed by atoms with van der Waals surface area (Å²) in [4.78, 5) is 0. The highest BCUT2D eigenvalue weighted by Crippen LogP contribution is 2.22. The number of hydrogen-bond donors (Lipinski definition) is 0. The van der Waals surface area contributed by atoms with E-state index in [1.54, 1.807) is 19.5 Å². The van der Waals surface area contributed by atoms with E-state index in [2.05, 4.69) is 15.3 Å². The molecule has 2 heterocycles. The first kappa shape index (κ1) is 11.4. The molecule has 5 heteroatoms. The van der Waals surface area contributed by atoms with Gasteiger partial charge in [-0.15, -0.1) is 5.10 Å². The van der Waals surface area contributed by atoms with Crippen LogP contribution in [0.25, 0.3) is 17.1 Å². The summed E-state index contributed by atoms with van der Waals surface area (Å²) in [5, 5.41) is 12.4. The third-order valence-corrected chi connectivity index (χ3v) is 2.77. The molecule has 0 saturated carbocycles. The number of aromatic nitrogens is 4. The second-order valence-electron chi connectivity index (χ2n) is 3.94. The first-order valence-electron chi connectivity index (χ1n) is 5.85. The monoisotopic (exact) mass is 252 g/mol. The summed E-state index contributed by atoms with van der Waals surface area (Å²) in [6, 6.07) is 13.6. The maximum atomic E-state index is 5.17. The van der Waals surface area contributed by atoms with E-state index in [0.717, 1.165) is 17.1 Å². The molecule has 0 fully saturated rings. The van der Waals surface area contributed by atoms with Gasteiger partial charge in [-0.2, -0.15) is 10.2 Å². The molecule has 0 aliphatic carbocycles. The molecule has 0 bridgehead atoms. The Morgan fingerprint density at radius 3 is 2.74 bits per heavy atom. The lowest BCUT2D eigenvalue weighted by Crippen LogP contribution is -2.00. The molecule has 0 saturated heterocycles. The predicted molar refractivity (Wildman–Crippen MR) is 71.1 cm³/mol. The number of hydrogen-bond acceptors (Lipinski definition) is 4. The van der Waals surface area contributed by atoms with E-state index in [1.807, 2.05) is 47.1 Å². The lowest BCUT2D eigenvalue weighted by Gasteiger charge is -2.07. The van der Waals surface area contributed by atoms with E-state index in [0.29, 0.717) is 5.75 Å². The number of para-hydroxylation sites is 1. The van der Waals surface area contributed by atoms with Crippen LogP contribution in [0, 0.1) is 0 Å². The molecule has 1 aromatic carbocycles. The van der Waals surface area contributed by atoms with Gasteiger partial charge in [0, 0.05) is 6.07 Å². The van der Waals surface area contributed by atoms with Crippen LogP contribution in [0.5, 0.6) is 5.75 Å². The lowest BCUT2D eigenvalue weighted by atomic mass is 10.2. The Bertz CT molecular complexity index is 679. The van der Waals surface area contributed by atoms with Gasteiger partial charge < -0.3 is 4.74 Å². The Morgan fingerprint density at radius 2 is 1.95 bits per heavy atom. The topological polar surface area (TPSA) is 52.8 Å². The molecule has 2 aromatic heterocycles. The summed E-state index contributed by atoms with van der Waals surface area (Å²) in [7, 11) is 1.61. The van der Waals surface area contributed by atoms with Gasteiger partial charge in [-0.25, -0.2) is 4.68 Å². The molecule has 0 N–H and O–H groups in total.